The van der Waals surface area contributed by atoms with Crippen LogP contribution in [0.3, 0.4) is 0 Å². The molecule has 2 rings (SSSR count). The summed E-state index contributed by atoms with van der Waals surface area (Å²) in [6.07, 6.45) is 0.649. The van der Waals surface area contributed by atoms with Crippen LogP contribution in [0.15, 0.2) is 18.2 Å². The number of hydrogen-bond donors (Lipinski definition) is 2. The lowest BCUT2D eigenvalue weighted by Crippen LogP contribution is -2.30. The molecule has 1 amide bonds. The van der Waals surface area contributed by atoms with Gasteiger partial charge in [-0.15, -0.1) is 0 Å². The normalized spacial score (nSPS) is 17.8. The predicted molar refractivity (Wildman–Crippen MR) is 64.3 cm³/mol. The summed E-state index contributed by atoms with van der Waals surface area (Å²) in [6.45, 7) is 0.374. The number of halogens is 1. The second kappa shape index (κ2) is 5.69. The van der Waals surface area contributed by atoms with Gasteiger partial charge < -0.3 is 15.2 Å². The fourth-order valence-corrected chi connectivity index (χ4v) is 2.10. The van der Waals surface area contributed by atoms with Gasteiger partial charge >= 0.3 is 5.97 Å². The van der Waals surface area contributed by atoms with Crippen LogP contribution in [0.4, 0.5) is 4.39 Å². The van der Waals surface area contributed by atoms with Crippen molar-refractivity contribution in [1.82, 2.24) is 5.32 Å². The van der Waals surface area contributed by atoms with Crippen LogP contribution in [0.2, 0.25) is 0 Å². The smallest absolute Gasteiger partial charge is 0.312 e. The molecule has 1 aliphatic rings. The number of carbonyl (C=O) groups excluding carboxylic acids is 1. The number of amides is 1. The first kappa shape index (κ1) is 13.3. The van der Waals surface area contributed by atoms with Crippen molar-refractivity contribution in [3.05, 3.63) is 29.6 Å². The number of ether oxygens (including phenoxy) is 1. The first-order valence-corrected chi connectivity index (χ1v) is 6.00. The van der Waals surface area contributed by atoms with Crippen LogP contribution in [0.1, 0.15) is 30.9 Å². The number of hydrogen-bond acceptors (Lipinski definition) is 3. The predicted octanol–water partition coefficient (Wildman–Crippen LogP) is 1.63. The fourth-order valence-electron chi connectivity index (χ4n) is 2.10. The van der Waals surface area contributed by atoms with E-state index in [2.05, 4.69) is 5.32 Å². The van der Waals surface area contributed by atoms with Gasteiger partial charge in [0.05, 0.1) is 12.6 Å². The number of para-hydroxylation sites is 1. The average Bonchev–Trinajstić information content (AvgIpc) is 2.52. The number of aliphatic carboxylic acids is 1. The largest absolute Gasteiger partial charge is 0.490 e. The Bertz CT molecular complexity index is 503. The summed E-state index contributed by atoms with van der Waals surface area (Å²) in [5, 5.41) is 11.2. The SMILES string of the molecule is O=C(O)CC(=O)NC1CCCOc2c(F)cccc21. The van der Waals surface area contributed by atoms with E-state index in [1.54, 1.807) is 12.1 Å². The third-order valence-corrected chi connectivity index (χ3v) is 2.90. The minimum atomic E-state index is -1.19. The number of carboxylic acids is 1. The fraction of sp³-hybridized carbons (Fsp3) is 0.385. The van der Waals surface area contributed by atoms with E-state index in [4.69, 9.17) is 9.84 Å². The van der Waals surface area contributed by atoms with Gasteiger partial charge in [0.2, 0.25) is 5.91 Å². The number of carbonyl (C=O) groups is 2. The summed E-state index contributed by atoms with van der Waals surface area (Å²) in [5.74, 6) is -2.12. The maximum atomic E-state index is 13.6. The zero-order valence-corrected chi connectivity index (χ0v) is 10.2. The number of fused-ring (bicyclic) bond motifs is 1. The zero-order valence-electron chi connectivity index (χ0n) is 10.2. The molecule has 1 aromatic carbocycles. The molecule has 0 saturated carbocycles. The Labute approximate surface area is 109 Å². The summed E-state index contributed by atoms with van der Waals surface area (Å²) < 4.78 is 19.0. The highest BCUT2D eigenvalue weighted by Crippen LogP contribution is 2.33. The quantitative estimate of drug-likeness (QED) is 0.816. The molecule has 0 spiro atoms. The Balaban J connectivity index is 2.20. The van der Waals surface area contributed by atoms with Gasteiger partial charge in [-0.2, -0.15) is 0 Å². The van der Waals surface area contributed by atoms with Gasteiger partial charge in [0.1, 0.15) is 6.42 Å². The third-order valence-electron chi connectivity index (χ3n) is 2.90. The number of benzene rings is 1. The second-order valence-corrected chi connectivity index (χ2v) is 4.34. The van der Waals surface area contributed by atoms with Crippen molar-refractivity contribution in [2.75, 3.05) is 6.61 Å². The molecule has 1 heterocycles. The van der Waals surface area contributed by atoms with E-state index < -0.39 is 30.2 Å². The van der Waals surface area contributed by atoms with Gasteiger partial charge in [0, 0.05) is 5.56 Å². The monoisotopic (exact) mass is 267 g/mol. The van der Waals surface area contributed by atoms with E-state index in [1.807, 2.05) is 0 Å². The zero-order chi connectivity index (χ0) is 13.8. The van der Waals surface area contributed by atoms with E-state index in [0.29, 0.717) is 25.0 Å². The molecular weight excluding hydrogens is 253 g/mol. The first-order valence-electron chi connectivity index (χ1n) is 6.00. The minimum absolute atomic E-state index is 0.139. The minimum Gasteiger partial charge on any atom is -0.490 e. The van der Waals surface area contributed by atoms with Crippen LogP contribution in [0, 0.1) is 5.82 Å². The Morgan fingerprint density at radius 1 is 1.47 bits per heavy atom. The molecule has 6 heteroatoms. The van der Waals surface area contributed by atoms with Gasteiger partial charge in [-0.25, -0.2) is 4.39 Å². The van der Waals surface area contributed by atoms with E-state index >= 15 is 0 Å². The molecule has 0 aliphatic carbocycles. The van der Waals surface area contributed by atoms with Gasteiger partial charge in [0.25, 0.3) is 0 Å². The molecule has 1 atom stereocenters. The molecule has 1 aliphatic heterocycles. The molecule has 1 unspecified atom stereocenters. The molecule has 2 N–H and O–H groups in total. The van der Waals surface area contributed by atoms with Crippen LogP contribution < -0.4 is 10.1 Å². The topological polar surface area (TPSA) is 75.6 Å². The molecule has 1 aromatic rings. The molecule has 0 saturated heterocycles. The van der Waals surface area contributed by atoms with Crippen molar-refractivity contribution in [3.63, 3.8) is 0 Å². The lowest BCUT2D eigenvalue weighted by atomic mass is 10.0. The molecule has 102 valence electrons. The van der Waals surface area contributed by atoms with Gasteiger partial charge in [-0.3, -0.25) is 9.59 Å². The molecular formula is C13H14FNO4. The van der Waals surface area contributed by atoms with E-state index in [9.17, 15) is 14.0 Å². The van der Waals surface area contributed by atoms with E-state index in [1.165, 1.54) is 6.07 Å². The lowest BCUT2D eigenvalue weighted by Gasteiger charge is -2.18. The molecule has 0 fully saturated rings. The number of nitrogens with one attached hydrogen (secondary N) is 1. The molecule has 0 aromatic heterocycles. The van der Waals surface area contributed by atoms with Crippen LogP contribution >= 0.6 is 0 Å². The van der Waals surface area contributed by atoms with Crippen molar-refractivity contribution < 1.29 is 23.8 Å². The van der Waals surface area contributed by atoms with E-state index in [0.717, 1.165) is 0 Å². The van der Waals surface area contributed by atoms with Crippen molar-refractivity contribution in [2.24, 2.45) is 0 Å². The van der Waals surface area contributed by atoms with E-state index in [-0.39, 0.29) is 5.75 Å². The Morgan fingerprint density at radius 3 is 3.00 bits per heavy atom. The van der Waals surface area contributed by atoms with Gasteiger partial charge in [0.15, 0.2) is 11.6 Å². The first-order chi connectivity index (χ1) is 9.08. The van der Waals surface area contributed by atoms with Crippen molar-refractivity contribution >= 4 is 11.9 Å². The third kappa shape index (κ3) is 3.21. The average molecular weight is 267 g/mol. The Hall–Kier alpha value is -2.11. The number of rotatable bonds is 3. The summed E-state index contributed by atoms with van der Waals surface area (Å²) in [4.78, 5) is 22.0. The summed E-state index contributed by atoms with van der Waals surface area (Å²) in [7, 11) is 0. The highest BCUT2D eigenvalue weighted by molar-refractivity contribution is 5.93. The lowest BCUT2D eigenvalue weighted by molar-refractivity contribution is -0.140. The Morgan fingerprint density at radius 2 is 2.26 bits per heavy atom. The van der Waals surface area contributed by atoms with Gasteiger partial charge in [-0.1, -0.05) is 12.1 Å². The molecule has 5 nitrogen and oxygen atoms in total. The summed E-state index contributed by atoms with van der Waals surface area (Å²) in [6, 6.07) is 4.09. The van der Waals surface area contributed by atoms with Crippen LogP contribution in [-0.4, -0.2) is 23.6 Å². The number of carboxylic acid groups (broad SMARTS) is 1. The highest BCUT2D eigenvalue weighted by Gasteiger charge is 2.24. The van der Waals surface area contributed by atoms with Crippen molar-refractivity contribution in [3.8, 4) is 5.75 Å². The second-order valence-electron chi connectivity index (χ2n) is 4.34. The van der Waals surface area contributed by atoms with Crippen molar-refractivity contribution in [1.29, 1.82) is 0 Å². The maximum absolute atomic E-state index is 13.6. The Kier molecular flexibility index (Phi) is 3.99. The standard InChI is InChI=1S/C13H14FNO4/c14-9-4-1-3-8-10(5-2-6-19-13(8)9)15-11(16)7-12(17)18/h1,3-4,10H,2,5-7H2,(H,15,16)(H,17,18). The van der Waals surface area contributed by atoms with Crippen LogP contribution in [-0.2, 0) is 9.59 Å². The van der Waals surface area contributed by atoms with Gasteiger partial charge in [-0.05, 0) is 18.9 Å². The van der Waals surface area contributed by atoms with Crippen LogP contribution in [0.5, 0.6) is 5.75 Å². The highest BCUT2D eigenvalue weighted by atomic mass is 19.1. The maximum Gasteiger partial charge on any atom is 0.312 e. The molecule has 19 heavy (non-hydrogen) atoms. The molecule has 0 radical (unpaired) electrons. The van der Waals surface area contributed by atoms with Crippen LogP contribution in [0.25, 0.3) is 0 Å². The summed E-state index contributed by atoms with van der Waals surface area (Å²) in [5.41, 5.74) is 0.552. The van der Waals surface area contributed by atoms with Crippen molar-refractivity contribution in [2.45, 2.75) is 25.3 Å². The summed E-state index contributed by atoms with van der Waals surface area (Å²) >= 11 is 0. The molecule has 0 bridgehead atoms.